The standard InChI is InChI=1S/C17H20O4/c18-14-6-8-16(20)12(10-14)4-2-1-3-5-13-11-15(19)7-9-17(13)21/h6-11,18-21H,1-5H2. The van der Waals surface area contributed by atoms with Crippen molar-refractivity contribution in [2.75, 3.05) is 0 Å². The number of hydrogen-bond acceptors (Lipinski definition) is 4. The van der Waals surface area contributed by atoms with Gasteiger partial charge in [0.1, 0.15) is 23.0 Å². The molecule has 4 heteroatoms. The van der Waals surface area contributed by atoms with Crippen LogP contribution in [-0.4, -0.2) is 20.4 Å². The fourth-order valence-electron chi connectivity index (χ4n) is 2.35. The molecule has 0 bridgehead atoms. The Kier molecular flexibility index (Phi) is 4.93. The topological polar surface area (TPSA) is 80.9 Å². The van der Waals surface area contributed by atoms with Crippen molar-refractivity contribution in [2.24, 2.45) is 0 Å². The van der Waals surface area contributed by atoms with Gasteiger partial charge in [-0.1, -0.05) is 6.42 Å². The molecule has 4 N–H and O–H groups in total. The lowest BCUT2D eigenvalue weighted by Gasteiger charge is -2.07. The molecule has 2 rings (SSSR count). The van der Waals surface area contributed by atoms with Gasteiger partial charge in [-0.3, -0.25) is 0 Å². The van der Waals surface area contributed by atoms with E-state index in [9.17, 15) is 20.4 Å². The van der Waals surface area contributed by atoms with Crippen LogP contribution in [0.15, 0.2) is 36.4 Å². The molecule has 0 saturated heterocycles. The van der Waals surface area contributed by atoms with E-state index < -0.39 is 0 Å². The Labute approximate surface area is 123 Å². The fourth-order valence-corrected chi connectivity index (χ4v) is 2.35. The summed E-state index contributed by atoms with van der Waals surface area (Å²) < 4.78 is 0. The first-order valence-electron chi connectivity index (χ1n) is 7.08. The average Bonchev–Trinajstić information content (AvgIpc) is 2.45. The van der Waals surface area contributed by atoms with Crippen molar-refractivity contribution in [3.05, 3.63) is 47.5 Å². The lowest BCUT2D eigenvalue weighted by atomic mass is 10.0. The van der Waals surface area contributed by atoms with Crippen LogP contribution >= 0.6 is 0 Å². The number of phenolic OH excluding ortho intramolecular Hbond substituents is 4. The number of benzene rings is 2. The smallest absolute Gasteiger partial charge is 0.119 e. The fraction of sp³-hybridized carbons (Fsp3) is 0.294. The average molecular weight is 288 g/mol. The monoisotopic (exact) mass is 288 g/mol. The number of unbranched alkanes of at least 4 members (excludes halogenated alkanes) is 2. The molecule has 0 aromatic heterocycles. The molecule has 0 heterocycles. The molecule has 112 valence electrons. The molecule has 0 fully saturated rings. The maximum Gasteiger partial charge on any atom is 0.119 e. The number of hydrogen-bond donors (Lipinski definition) is 4. The third kappa shape index (κ3) is 4.31. The number of aryl methyl sites for hydroxylation is 2. The Morgan fingerprint density at radius 3 is 1.43 bits per heavy atom. The van der Waals surface area contributed by atoms with Gasteiger partial charge < -0.3 is 20.4 Å². The summed E-state index contributed by atoms with van der Waals surface area (Å²) in [5, 5.41) is 38.1. The van der Waals surface area contributed by atoms with Crippen LogP contribution in [0.4, 0.5) is 0 Å². The van der Waals surface area contributed by atoms with E-state index in [4.69, 9.17) is 0 Å². The minimum absolute atomic E-state index is 0.160. The highest BCUT2D eigenvalue weighted by molar-refractivity contribution is 5.39. The SMILES string of the molecule is Oc1ccc(O)c(CCCCCc2cc(O)ccc2O)c1. The molecular formula is C17H20O4. The van der Waals surface area contributed by atoms with Crippen LogP contribution in [0.2, 0.25) is 0 Å². The lowest BCUT2D eigenvalue weighted by molar-refractivity contribution is 0.450. The first-order valence-corrected chi connectivity index (χ1v) is 7.08. The van der Waals surface area contributed by atoms with Gasteiger partial charge in [-0.2, -0.15) is 0 Å². The van der Waals surface area contributed by atoms with E-state index in [1.54, 1.807) is 12.1 Å². The number of phenols is 4. The van der Waals surface area contributed by atoms with Crippen molar-refractivity contribution in [3.63, 3.8) is 0 Å². The lowest BCUT2D eigenvalue weighted by Crippen LogP contribution is -1.90. The van der Waals surface area contributed by atoms with E-state index in [0.29, 0.717) is 12.8 Å². The Morgan fingerprint density at radius 1 is 0.571 bits per heavy atom. The molecule has 0 saturated carbocycles. The Balaban J connectivity index is 1.77. The Hall–Kier alpha value is -2.36. The van der Waals surface area contributed by atoms with Gasteiger partial charge in [0.15, 0.2) is 0 Å². The van der Waals surface area contributed by atoms with Crippen molar-refractivity contribution in [2.45, 2.75) is 32.1 Å². The minimum atomic E-state index is 0.160. The first-order chi connectivity index (χ1) is 10.1. The zero-order valence-corrected chi connectivity index (χ0v) is 11.8. The van der Waals surface area contributed by atoms with E-state index >= 15 is 0 Å². The van der Waals surface area contributed by atoms with Crippen LogP contribution in [0.5, 0.6) is 23.0 Å². The minimum Gasteiger partial charge on any atom is -0.508 e. The predicted molar refractivity (Wildman–Crippen MR) is 80.8 cm³/mol. The largest absolute Gasteiger partial charge is 0.508 e. The third-order valence-electron chi connectivity index (χ3n) is 3.52. The molecule has 0 atom stereocenters. The Morgan fingerprint density at radius 2 is 1.00 bits per heavy atom. The van der Waals surface area contributed by atoms with Crippen molar-refractivity contribution < 1.29 is 20.4 Å². The normalized spacial score (nSPS) is 10.7. The second-order valence-electron chi connectivity index (χ2n) is 5.19. The van der Waals surface area contributed by atoms with E-state index in [1.165, 1.54) is 24.3 Å². The molecule has 4 nitrogen and oxygen atoms in total. The van der Waals surface area contributed by atoms with Crippen molar-refractivity contribution >= 4 is 0 Å². The van der Waals surface area contributed by atoms with Gasteiger partial charge in [0, 0.05) is 0 Å². The predicted octanol–water partition coefficient (Wildman–Crippen LogP) is 3.46. The van der Waals surface area contributed by atoms with Gasteiger partial charge in [0.05, 0.1) is 0 Å². The van der Waals surface area contributed by atoms with Crippen molar-refractivity contribution in [1.29, 1.82) is 0 Å². The van der Waals surface area contributed by atoms with Gasteiger partial charge in [0.25, 0.3) is 0 Å². The van der Waals surface area contributed by atoms with E-state index in [2.05, 4.69) is 0 Å². The van der Waals surface area contributed by atoms with Gasteiger partial charge in [-0.15, -0.1) is 0 Å². The molecule has 0 unspecified atom stereocenters. The molecule has 0 aliphatic heterocycles. The second kappa shape index (κ2) is 6.88. The van der Waals surface area contributed by atoms with Crippen molar-refractivity contribution in [3.8, 4) is 23.0 Å². The summed E-state index contributed by atoms with van der Waals surface area (Å²) in [6.07, 6.45) is 4.11. The summed E-state index contributed by atoms with van der Waals surface area (Å²) in [6.45, 7) is 0. The summed E-state index contributed by atoms with van der Waals surface area (Å²) in [6, 6.07) is 9.07. The molecule has 0 spiro atoms. The van der Waals surface area contributed by atoms with Crippen LogP contribution < -0.4 is 0 Å². The highest BCUT2D eigenvalue weighted by atomic mass is 16.3. The molecule has 0 aliphatic carbocycles. The van der Waals surface area contributed by atoms with E-state index in [0.717, 1.165) is 30.4 Å². The highest BCUT2D eigenvalue weighted by Crippen LogP contribution is 2.26. The molecule has 2 aromatic rings. The van der Waals surface area contributed by atoms with Gasteiger partial charge >= 0.3 is 0 Å². The summed E-state index contributed by atoms with van der Waals surface area (Å²) in [7, 11) is 0. The van der Waals surface area contributed by atoms with Crippen LogP contribution in [0.3, 0.4) is 0 Å². The number of rotatable bonds is 6. The summed E-state index contributed by atoms with van der Waals surface area (Å²) in [5.41, 5.74) is 1.49. The van der Waals surface area contributed by atoms with Crippen LogP contribution in [0, 0.1) is 0 Å². The van der Waals surface area contributed by atoms with Crippen LogP contribution in [0.25, 0.3) is 0 Å². The van der Waals surface area contributed by atoms with Gasteiger partial charge in [0.2, 0.25) is 0 Å². The molecule has 0 radical (unpaired) electrons. The van der Waals surface area contributed by atoms with Gasteiger partial charge in [-0.05, 0) is 73.2 Å². The van der Waals surface area contributed by atoms with Gasteiger partial charge in [-0.25, -0.2) is 0 Å². The zero-order chi connectivity index (χ0) is 15.2. The summed E-state index contributed by atoms with van der Waals surface area (Å²) in [4.78, 5) is 0. The summed E-state index contributed by atoms with van der Waals surface area (Å²) >= 11 is 0. The third-order valence-corrected chi connectivity index (χ3v) is 3.52. The highest BCUT2D eigenvalue weighted by Gasteiger charge is 2.04. The maximum absolute atomic E-state index is 9.66. The van der Waals surface area contributed by atoms with E-state index in [1.807, 2.05) is 0 Å². The molecule has 0 amide bonds. The second-order valence-corrected chi connectivity index (χ2v) is 5.19. The molecule has 0 aliphatic rings. The van der Waals surface area contributed by atoms with Crippen molar-refractivity contribution in [1.82, 2.24) is 0 Å². The first kappa shape index (κ1) is 15.0. The molecule has 21 heavy (non-hydrogen) atoms. The summed E-state index contributed by atoms with van der Waals surface area (Å²) in [5.74, 6) is 0.733. The molecule has 2 aromatic carbocycles. The Bertz CT molecular complexity index is 554. The maximum atomic E-state index is 9.66. The van der Waals surface area contributed by atoms with E-state index in [-0.39, 0.29) is 23.0 Å². The quantitative estimate of drug-likeness (QED) is 0.484. The van der Waals surface area contributed by atoms with Crippen LogP contribution in [0.1, 0.15) is 30.4 Å². The van der Waals surface area contributed by atoms with Crippen LogP contribution in [-0.2, 0) is 12.8 Å². The number of aromatic hydroxyl groups is 4. The zero-order valence-electron chi connectivity index (χ0n) is 11.8. The molecular weight excluding hydrogens is 268 g/mol.